The van der Waals surface area contributed by atoms with Gasteiger partial charge in [-0.2, -0.15) is 0 Å². The van der Waals surface area contributed by atoms with Crippen molar-refractivity contribution in [3.8, 4) is 0 Å². The lowest BCUT2D eigenvalue weighted by molar-refractivity contribution is -0.131. The van der Waals surface area contributed by atoms with E-state index in [1.165, 1.54) is 6.08 Å². The molecule has 2 bridgehead atoms. The van der Waals surface area contributed by atoms with E-state index in [-0.39, 0.29) is 12.5 Å². The highest BCUT2D eigenvalue weighted by Gasteiger charge is 2.41. The fourth-order valence-electron chi connectivity index (χ4n) is 2.90. The Hall–Kier alpha value is -0.830. The maximum absolute atomic E-state index is 11.6. The van der Waals surface area contributed by atoms with E-state index < -0.39 is 0 Å². The van der Waals surface area contributed by atoms with Crippen molar-refractivity contribution in [3.63, 3.8) is 0 Å². The van der Waals surface area contributed by atoms with Gasteiger partial charge in [0.2, 0.25) is 5.91 Å². The summed E-state index contributed by atoms with van der Waals surface area (Å²) >= 11 is 0. The Labute approximate surface area is 84.4 Å². The van der Waals surface area contributed by atoms with Gasteiger partial charge in [-0.3, -0.25) is 4.79 Å². The van der Waals surface area contributed by atoms with Gasteiger partial charge >= 0.3 is 0 Å². The van der Waals surface area contributed by atoms with Crippen molar-refractivity contribution in [3.05, 3.63) is 12.7 Å². The van der Waals surface area contributed by atoms with Crippen molar-refractivity contribution in [2.24, 2.45) is 5.92 Å². The lowest BCUT2D eigenvalue weighted by Gasteiger charge is -2.37. The number of nitrogens with zero attached hydrogens (tertiary/aromatic N) is 1. The number of piperidine rings is 1. The van der Waals surface area contributed by atoms with Gasteiger partial charge in [0.25, 0.3) is 0 Å². The number of aliphatic hydroxyl groups is 1. The zero-order chi connectivity index (χ0) is 10.1. The van der Waals surface area contributed by atoms with Gasteiger partial charge in [-0.1, -0.05) is 6.58 Å². The zero-order valence-electron chi connectivity index (χ0n) is 8.35. The average molecular weight is 195 g/mol. The molecule has 78 valence electrons. The summed E-state index contributed by atoms with van der Waals surface area (Å²) in [7, 11) is 0. The molecule has 0 spiro atoms. The van der Waals surface area contributed by atoms with Crippen LogP contribution in [0.15, 0.2) is 12.7 Å². The maximum atomic E-state index is 11.6. The molecule has 2 aliphatic rings. The van der Waals surface area contributed by atoms with Crippen molar-refractivity contribution >= 4 is 5.91 Å². The minimum absolute atomic E-state index is 0.0638. The summed E-state index contributed by atoms with van der Waals surface area (Å²) in [4.78, 5) is 13.5. The van der Waals surface area contributed by atoms with E-state index in [2.05, 4.69) is 6.58 Å². The molecule has 0 aromatic rings. The van der Waals surface area contributed by atoms with E-state index in [9.17, 15) is 4.79 Å². The van der Waals surface area contributed by atoms with Gasteiger partial charge in [-0.15, -0.1) is 0 Å². The third kappa shape index (κ3) is 1.46. The highest BCUT2D eigenvalue weighted by molar-refractivity contribution is 5.87. The van der Waals surface area contributed by atoms with E-state index in [1.807, 2.05) is 4.90 Å². The SMILES string of the molecule is C=CC(=O)N1C2CCC1CC(CO)C2. The second-order valence-corrected chi connectivity index (χ2v) is 4.35. The van der Waals surface area contributed by atoms with Crippen LogP contribution in [0.5, 0.6) is 0 Å². The van der Waals surface area contributed by atoms with Crippen LogP contribution in [-0.2, 0) is 4.79 Å². The van der Waals surface area contributed by atoms with Gasteiger partial charge in [-0.25, -0.2) is 0 Å². The number of rotatable bonds is 2. The molecule has 2 rings (SSSR count). The van der Waals surface area contributed by atoms with Gasteiger partial charge in [0.1, 0.15) is 0 Å². The molecule has 2 fully saturated rings. The molecule has 0 aliphatic carbocycles. The van der Waals surface area contributed by atoms with Crippen LogP contribution in [0.4, 0.5) is 0 Å². The molecule has 0 aromatic heterocycles. The largest absolute Gasteiger partial charge is 0.396 e. The van der Waals surface area contributed by atoms with Crippen LogP contribution in [0.1, 0.15) is 25.7 Å². The van der Waals surface area contributed by atoms with Gasteiger partial charge in [0.05, 0.1) is 0 Å². The molecule has 14 heavy (non-hydrogen) atoms. The molecule has 2 aliphatic heterocycles. The molecule has 0 radical (unpaired) electrons. The Balaban J connectivity index is 2.10. The molecular formula is C11H17NO2. The number of hydrogen-bond acceptors (Lipinski definition) is 2. The lowest BCUT2D eigenvalue weighted by atomic mass is 9.91. The van der Waals surface area contributed by atoms with E-state index in [0.29, 0.717) is 18.0 Å². The first-order chi connectivity index (χ1) is 6.76. The molecule has 3 heteroatoms. The van der Waals surface area contributed by atoms with Crippen molar-refractivity contribution < 1.29 is 9.90 Å². The summed E-state index contributed by atoms with van der Waals surface area (Å²) in [5, 5.41) is 9.11. The van der Waals surface area contributed by atoms with Crippen LogP contribution >= 0.6 is 0 Å². The molecule has 0 saturated carbocycles. The van der Waals surface area contributed by atoms with Crippen LogP contribution in [0.3, 0.4) is 0 Å². The fourth-order valence-corrected chi connectivity index (χ4v) is 2.90. The van der Waals surface area contributed by atoms with Crippen molar-refractivity contribution in [2.45, 2.75) is 37.8 Å². The Morgan fingerprint density at radius 2 is 2.00 bits per heavy atom. The quantitative estimate of drug-likeness (QED) is 0.666. The van der Waals surface area contributed by atoms with Crippen LogP contribution in [0, 0.1) is 5.92 Å². The van der Waals surface area contributed by atoms with E-state index >= 15 is 0 Å². The number of aliphatic hydroxyl groups excluding tert-OH is 1. The number of carbonyl (C=O) groups excluding carboxylic acids is 1. The lowest BCUT2D eigenvalue weighted by Crippen LogP contribution is -2.46. The third-order valence-corrected chi connectivity index (χ3v) is 3.52. The molecule has 3 nitrogen and oxygen atoms in total. The summed E-state index contributed by atoms with van der Waals surface area (Å²) in [6.45, 7) is 3.80. The Kier molecular flexibility index (Phi) is 2.59. The minimum atomic E-state index is 0.0638. The number of fused-ring (bicyclic) bond motifs is 2. The molecule has 2 atom stereocenters. The minimum Gasteiger partial charge on any atom is -0.396 e. The summed E-state index contributed by atoms with van der Waals surface area (Å²) in [5.74, 6) is 0.468. The summed E-state index contributed by atoms with van der Waals surface area (Å²) < 4.78 is 0. The standard InChI is InChI=1S/C11H17NO2/c1-2-11(14)12-9-3-4-10(12)6-8(5-9)7-13/h2,8-10,13H,1,3-7H2. The van der Waals surface area contributed by atoms with Crippen LogP contribution in [0.2, 0.25) is 0 Å². The highest BCUT2D eigenvalue weighted by Crippen LogP contribution is 2.38. The average Bonchev–Trinajstić information content (AvgIpc) is 2.48. The Bertz CT molecular complexity index is 238. The Morgan fingerprint density at radius 1 is 1.43 bits per heavy atom. The number of hydrogen-bond donors (Lipinski definition) is 1. The monoisotopic (exact) mass is 195 g/mol. The second-order valence-electron chi connectivity index (χ2n) is 4.35. The topological polar surface area (TPSA) is 40.5 Å². The molecule has 2 saturated heterocycles. The van der Waals surface area contributed by atoms with Gasteiger partial charge in [0, 0.05) is 18.7 Å². The van der Waals surface area contributed by atoms with Gasteiger partial charge in [0.15, 0.2) is 0 Å². The molecule has 1 N–H and O–H groups in total. The van der Waals surface area contributed by atoms with Crippen molar-refractivity contribution in [2.75, 3.05) is 6.61 Å². The molecule has 0 aromatic carbocycles. The Morgan fingerprint density at radius 3 is 2.43 bits per heavy atom. The van der Waals surface area contributed by atoms with E-state index in [4.69, 9.17) is 5.11 Å². The number of amides is 1. The molecule has 2 heterocycles. The smallest absolute Gasteiger partial charge is 0.246 e. The highest BCUT2D eigenvalue weighted by atomic mass is 16.3. The molecule has 2 unspecified atom stereocenters. The first kappa shape index (κ1) is 9.71. The first-order valence-electron chi connectivity index (χ1n) is 5.32. The zero-order valence-corrected chi connectivity index (χ0v) is 8.35. The normalized spacial score (nSPS) is 35.8. The predicted octanol–water partition coefficient (Wildman–Crippen LogP) is 0.934. The van der Waals surface area contributed by atoms with Crippen LogP contribution < -0.4 is 0 Å². The van der Waals surface area contributed by atoms with E-state index in [0.717, 1.165) is 25.7 Å². The maximum Gasteiger partial charge on any atom is 0.246 e. The van der Waals surface area contributed by atoms with Crippen LogP contribution in [0.25, 0.3) is 0 Å². The fraction of sp³-hybridized carbons (Fsp3) is 0.727. The van der Waals surface area contributed by atoms with Gasteiger partial charge < -0.3 is 10.0 Å². The van der Waals surface area contributed by atoms with Crippen LogP contribution in [-0.4, -0.2) is 34.6 Å². The summed E-state index contributed by atoms with van der Waals surface area (Å²) in [6.07, 6.45) is 5.53. The molecule has 1 amide bonds. The summed E-state index contributed by atoms with van der Waals surface area (Å²) in [5.41, 5.74) is 0. The second kappa shape index (κ2) is 3.73. The first-order valence-corrected chi connectivity index (χ1v) is 5.32. The van der Waals surface area contributed by atoms with E-state index in [1.54, 1.807) is 0 Å². The predicted molar refractivity (Wildman–Crippen MR) is 53.7 cm³/mol. The summed E-state index contributed by atoms with van der Waals surface area (Å²) in [6, 6.07) is 0.716. The van der Waals surface area contributed by atoms with Crippen molar-refractivity contribution in [1.82, 2.24) is 4.90 Å². The molecular weight excluding hydrogens is 178 g/mol. The number of carbonyl (C=O) groups is 1. The van der Waals surface area contributed by atoms with Gasteiger partial charge in [-0.05, 0) is 37.7 Å². The third-order valence-electron chi connectivity index (χ3n) is 3.52. The van der Waals surface area contributed by atoms with Crippen molar-refractivity contribution in [1.29, 1.82) is 0 Å².